The summed E-state index contributed by atoms with van der Waals surface area (Å²) in [5.74, 6) is 0.773. The molecule has 1 aliphatic heterocycles. The van der Waals surface area contributed by atoms with Crippen LogP contribution in [0.15, 0.2) is 12.5 Å². The topological polar surface area (TPSA) is 39.1 Å². The van der Waals surface area contributed by atoms with Crippen molar-refractivity contribution in [2.75, 3.05) is 19.8 Å². The molecule has 1 N–H and O–H groups in total. The van der Waals surface area contributed by atoms with Gasteiger partial charge in [0.25, 0.3) is 0 Å². The van der Waals surface area contributed by atoms with Crippen molar-refractivity contribution in [2.45, 2.75) is 38.6 Å². The molecule has 0 bridgehead atoms. The molecule has 1 fully saturated rings. The molecule has 1 aromatic rings. The predicted molar refractivity (Wildman–Crippen MR) is 72.4 cm³/mol. The molecule has 0 radical (unpaired) electrons. The third kappa shape index (κ3) is 3.82. The van der Waals surface area contributed by atoms with Gasteiger partial charge in [0.15, 0.2) is 0 Å². The monoisotopic (exact) mass is 251 g/mol. The van der Waals surface area contributed by atoms with E-state index in [0.29, 0.717) is 6.04 Å². The summed E-state index contributed by atoms with van der Waals surface area (Å²) in [6.45, 7) is 5.11. The zero-order valence-electron chi connectivity index (χ0n) is 11.6. The molecule has 1 unspecified atom stereocenters. The first-order valence-corrected chi connectivity index (χ1v) is 7.08. The molecule has 2 heterocycles. The lowest BCUT2D eigenvalue weighted by atomic mass is 9.91. The van der Waals surface area contributed by atoms with Crippen molar-refractivity contribution < 1.29 is 4.74 Å². The van der Waals surface area contributed by atoms with Crippen molar-refractivity contribution in [1.29, 1.82) is 0 Å². The van der Waals surface area contributed by atoms with E-state index in [1.54, 1.807) is 0 Å². The summed E-state index contributed by atoms with van der Waals surface area (Å²) in [4.78, 5) is 4.50. The maximum absolute atomic E-state index is 5.43. The summed E-state index contributed by atoms with van der Waals surface area (Å²) in [6, 6.07) is 0.397. The molecule has 0 spiro atoms. The summed E-state index contributed by atoms with van der Waals surface area (Å²) in [6.07, 6.45) is 8.75. The summed E-state index contributed by atoms with van der Waals surface area (Å²) in [5.41, 5.74) is 1.18. The van der Waals surface area contributed by atoms with Crippen molar-refractivity contribution in [3.05, 3.63) is 18.2 Å². The van der Waals surface area contributed by atoms with Crippen LogP contribution >= 0.6 is 0 Å². The van der Waals surface area contributed by atoms with E-state index in [2.05, 4.69) is 23.4 Å². The average molecular weight is 251 g/mol. The summed E-state index contributed by atoms with van der Waals surface area (Å²) in [5, 5.41) is 3.63. The van der Waals surface area contributed by atoms with Crippen molar-refractivity contribution >= 4 is 0 Å². The lowest BCUT2D eigenvalue weighted by Gasteiger charge is -2.26. The van der Waals surface area contributed by atoms with Gasteiger partial charge >= 0.3 is 0 Å². The number of nitrogens with one attached hydrogen (secondary N) is 1. The van der Waals surface area contributed by atoms with Gasteiger partial charge in [0.05, 0.1) is 18.1 Å². The van der Waals surface area contributed by atoms with Crippen molar-refractivity contribution in [2.24, 2.45) is 13.0 Å². The quantitative estimate of drug-likeness (QED) is 0.843. The van der Waals surface area contributed by atoms with Gasteiger partial charge in [0.1, 0.15) is 0 Å². The first-order valence-electron chi connectivity index (χ1n) is 7.08. The van der Waals surface area contributed by atoms with Gasteiger partial charge in [0.2, 0.25) is 0 Å². The van der Waals surface area contributed by atoms with Crippen molar-refractivity contribution in [3.63, 3.8) is 0 Å². The molecule has 0 saturated carbocycles. The third-order valence-corrected chi connectivity index (χ3v) is 3.63. The number of nitrogens with zero attached hydrogens (tertiary/aromatic N) is 2. The van der Waals surface area contributed by atoms with Gasteiger partial charge in [0, 0.05) is 26.5 Å². The lowest BCUT2D eigenvalue weighted by Crippen LogP contribution is -2.27. The second-order valence-electron chi connectivity index (χ2n) is 5.26. The lowest BCUT2D eigenvalue weighted by molar-refractivity contribution is 0.0604. The van der Waals surface area contributed by atoms with E-state index in [9.17, 15) is 0 Å². The van der Waals surface area contributed by atoms with Crippen LogP contribution in [0.2, 0.25) is 0 Å². The summed E-state index contributed by atoms with van der Waals surface area (Å²) >= 11 is 0. The number of imidazole rings is 1. The fourth-order valence-corrected chi connectivity index (χ4v) is 2.56. The Bertz CT molecular complexity index is 345. The van der Waals surface area contributed by atoms with Crippen LogP contribution < -0.4 is 5.32 Å². The Labute approximate surface area is 110 Å². The normalized spacial score (nSPS) is 19.0. The average Bonchev–Trinajstić information content (AvgIpc) is 2.82. The van der Waals surface area contributed by atoms with E-state index in [-0.39, 0.29) is 0 Å². The maximum atomic E-state index is 5.43. The van der Waals surface area contributed by atoms with E-state index in [0.717, 1.165) is 32.1 Å². The summed E-state index contributed by atoms with van der Waals surface area (Å²) < 4.78 is 7.46. The largest absolute Gasteiger partial charge is 0.381 e. The van der Waals surface area contributed by atoms with Crippen LogP contribution in [0.4, 0.5) is 0 Å². The number of aromatic nitrogens is 2. The van der Waals surface area contributed by atoms with Gasteiger partial charge in [-0.05, 0) is 38.1 Å². The van der Waals surface area contributed by atoms with Crippen molar-refractivity contribution in [1.82, 2.24) is 14.9 Å². The van der Waals surface area contributed by atoms with Crippen LogP contribution in [0.25, 0.3) is 0 Å². The zero-order chi connectivity index (χ0) is 12.8. The minimum atomic E-state index is 0.397. The van der Waals surface area contributed by atoms with Gasteiger partial charge in [-0.25, -0.2) is 4.98 Å². The Morgan fingerprint density at radius 2 is 2.28 bits per heavy atom. The van der Waals surface area contributed by atoms with Gasteiger partial charge < -0.3 is 14.6 Å². The number of rotatable bonds is 6. The van der Waals surface area contributed by atoms with Crippen molar-refractivity contribution in [3.8, 4) is 0 Å². The van der Waals surface area contributed by atoms with E-state index in [4.69, 9.17) is 4.74 Å². The fourth-order valence-electron chi connectivity index (χ4n) is 2.56. The van der Waals surface area contributed by atoms with E-state index >= 15 is 0 Å². The van der Waals surface area contributed by atoms with Gasteiger partial charge in [-0.2, -0.15) is 0 Å². The standard InChI is InChI=1S/C14H25N3O/c1-3-6-15-13(14-10-17(2)11-16-14)9-12-4-7-18-8-5-12/h10-13,15H,3-9H2,1-2H3. The first kappa shape index (κ1) is 13.6. The Kier molecular flexibility index (Phi) is 5.20. The molecule has 102 valence electrons. The molecule has 18 heavy (non-hydrogen) atoms. The highest BCUT2D eigenvalue weighted by Gasteiger charge is 2.21. The molecule has 0 aliphatic carbocycles. The highest BCUT2D eigenvalue weighted by Crippen LogP contribution is 2.26. The first-order chi connectivity index (χ1) is 8.79. The smallest absolute Gasteiger partial charge is 0.0947 e. The Morgan fingerprint density at radius 3 is 2.89 bits per heavy atom. The molecule has 1 aliphatic rings. The maximum Gasteiger partial charge on any atom is 0.0947 e. The molecule has 1 atom stereocenters. The molecule has 4 nitrogen and oxygen atoms in total. The molecule has 1 aromatic heterocycles. The SMILES string of the molecule is CCCNC(CC1CCOCC1)c1cn(C)cn1. The van der Waals surface area contributed by atoms with Gasteiger partial charge in [-0.1, -0.05) is 6.92 Å². The second kappa shape index (κ2) is 6.90. The number of aryl methyl sites for hydroxylation is 1. The predicted octanol–water partition coefficient (Wildman–Crippen LogP) is 2.28. The molecule has 1 saturated heterocycles. The highest BCUT2D eigenvalue weighted by atomic mass is 16.5. The molecular weight excluding hydrogens is 226 g/mol. The molecule has 4 heteroatoms. The van der Waals surface area contributed by atoms with Crippen LogP contribution in [0.5, 0.6) is 0 Å². The van der Waals surface area contributed by atoms with E-state index in [1.807, 2.05) is 17.9 Å². The highest BCUT2D eigenvalue weighted by molar-refractivity contribution is 5.04. The summed E-state index contributed by atoms with van der Waals surface area (Å²) in [7, 11) is 2.03. The van der Waals surface area contributed by atoms with Crippen LogP contribution in [-0.4, -0.2) is 29.3 Å². The second-order valence-corrected chi connectivity index (χ2v) is 5.26. The van der Waals surface area contributed by atoms with Crippen LogP contribution in [0.1, 0.15) is 44.3 Å². The number of hydrogen-bond acceptors (Lipinski definition) is 3. The molecular formula is C14H25N3O. The number of ether oxygens (including phenoxy) is 1. The van der Waals surface area contributed by atoms with Gasteiger partial charge in [-0.3, -0.25) is 0 Å². The van der Waals surface area contributed by atoms with Crippen LogP contribution in [0, 0.1) is 5.92 Å². The van der Waals surface area contributed by atoms with E-state index in [1.165, 1.54) is 25.0 Å². The minimum Gasteiger partial charge on any atom is -0.381 e. The van der Waals surface area contributed by atoms with Gasteiger partial charge in [-0.15, -0.1) is 0 Å². The molecule has 2 rings (SSSR count). The Hall–Kier alpha value is -0.870. The number of hydrogen-bond donors (Lipinski definition) is 1. The molecule has 0 amide bonds. The Balaban J connectivity index is 1.95. The Morgan fingerprint density at radius 1 is 1.50 bits per heavy atom. The third-order valence-electron chi connectivity index (χ3n) is 3.63. The molecule has 0 aromatic carbocycles. The fraction of sp³-hybridized carbons (Fsp3) is 0.786. The van der Waals surface area contributed by atoms with Crippen LogP contribution in [0.3, 0.4) is 0 Å². The zero-order valence-corrected chi connectivity index (χ0v) is 11.6. The van der Waals surface area contributed by atoms with Crippen LogP contribution in [-0.2, 0) is 11.8 Å². The van der Waals surface area contributed by atoms with E-state index < -0.39 is 0 Å². The minimum absolute atomic E-state index is 0.397.